The van der Waals surface area contributed by atoms with Crippen LogP contribution >= 0.6 is 22.6 Å². The summed E-state index contributed by atoms with van der Waals surface area (Å²) in [6.07, 6.45) is 4.11. The largest absolute Gasteiger partial charge is 0.349 e. The van der Waals surface area contributed by atoms with Crippen molar-refractivity contribution in [3.8, 4) is 11.3 Å². The number of hydrogen-bond acceptors (Lipinski definition) is 1. The molecule has 17 heavy (non-hydrogen) atoms. The Morgan fingerprint density at radius 2 is 2.00 bits per heavy atom. The second-order valence-corrected chi connectivity index (χ2v) is 5.36. The molecule has 4 heteroatoms. The van der Waals surface area contributed by atoms with Crippen LogP contribution in [0.25, 0.3) is 22.2 Å². The van der Waals surface area contributed by atoms with Gasteiger partial charge in [0.15, 0.2) is 0 Å². The molecule has 0 spiro atoms. The van der Waals surface area contributed by atoms with Crippen molar-refractivity contribution in [2.45, 2.75) is 0 Å². The molecule has 0 aliphatic heterocycles. The van der Waals surface area contributed by atoms with Crippen LogP contribution in [0.2, 0.25) is 0 Å². The molecule has 3 nitrogen and oxygen atoms in total. The van der Waals surface area contributed by atoms with Gasteiger partial charge in [0.1, 0.15) is 0 Å². The summed E-state index contributed by atoms with van der Waals surface area (Å²) in [5, 5.41) is 5.72. The Bertz CT molecular complexity index is 694. The highest BCUT2D eigenvalue weighted by Crippen LogP contribution is 2.27. The lowest BCUT2D eigenvalue weighted by molar-refractivity contribution is 0.771. The standard InChI is InChI=1S/C13H12IN3/c1-16-8-11(14)10-7-9(3-4-13(10)16)12-5-6-17(2)15-12/h3-8H,1-2H3. The van der Waals surface area contributed by atoms with E-state index in [2.05, 4.69) is 63.7 Å². The molecule has 0 saturated carbocycles. The van der Waals surface area contributed by atoms with Crippen LogP contribution in [0.3, 0.4) is 0 Å². The normalized spacial score (nSPS) is 11.2. The Morgan fingerprint density at radius 1 is 1.18 bits per heavy atom. The number of aryl methyl sites for hydroxylation is 2. The fourth-order valence-corrected chi connectivity index (χ4v) is 2.92. The maximum absolute atomic E-state index is 4.43. The SMILES string of the molecule is Cn1ccc(-c2ccc3c(c2)c(I)cn3C)n1. The van der Waals surface area contributed by atoms with E-state index in [0.29, 0.717) is 0 Å². The molecule has 0 fully saturated rings. The quantitative estimate of drug-likeness (QED) is 0.626. The molecule has 2 heterocycles. The monoisotopic (exact) mass is 337 g/mol. The van der Waals surface area contributed by atoms with Gasteiger partial charge in [0.25, 0.3) is 0 Å². The highest BCUT2D eigenvalue weighted by Gasteiger charge is 2.07. The third-order valence-electron chi connectivity index (χ3n) is 2.95. The van der Waals surface area contributed by atoms with Gasteiger partial charge >= 0.3 is 0 Å². The van der Waals surface area contributed by atoms with Gasteiger partial charge in [-0.15, -0.1) is 0 Å². The zero-order chi connectivity index (χ0) is 12.0. The molecule has 0 radical (unpaired) electrons. The van der Waals surface area contributed by atoms with Crippen LogP contribution < -0.4 is 0 Å². The molecule has 0 atom stereocenters. The van der Waals surface area contributed by atoms with E-state index in [-0.39, 0.29) is 0 Å². The maximum Gasteiger partial charge on any atom is 0.0923 e. The van der Waals surface area contributed by atoms with Crippen LogP contribution in [-0.4, -0.2) is 14.3 Å². The zero-order valence-electron chi connectivity index (χ0n) is 9.68. The van der Waals surface area contributed by atoms with E-state index < -0.39 is 0 Å². The lowest BCUT2D eigenvalue weighted by Crippen LogP contribution is -1.88. The first kappa shape index (κ1) is 10.8. The highest BCUT2D eigenvalue weighted by molar-refractivity contribution is 14.1. The van der Waals surface area contributed by atoms with Crippen molar-refractivity contribution >= 4 is 33.5 Å². The molecule has 0 aliphatic rings. The van der Waals surface area contributed by atoms with Crippen LogP contribution in [0.1, 0.15) is 0 Å². The van der Waals surface area contributed by atoms with Crippen molar-refractivity contribution in [2.75, 3.05) is 0 Å². The minimum Gasteiger partial charge on any atom is -0.349 e. The fourth-order valence-electron chi connectivity index (χ4n) is 2.07. The second-order valence-electron chi connectivity index (χ2n) is 4.19. The van der Waals surface area contributed by atoms with E-state index >= 15 is 0 Å². The predicted octanol–water partition coefficient (Wildman–Crippen LogP) is 3.18. The summed E-state index contributed by atoms with van der Waals surface area (Å²) in [5.74, 6) is 0. The van der Waals surface area contributed by atoms with Crippen LogP contribution in [0.15, 0.2) is 36.7 Å². The van der Waals surface area contributed by atoms with E-state index in [0.717, 1.165) is 5.69 Å². The summed E-state index contributed by atoms with van der Waals surface area (Å²) < 4.78 is 5.26. The number of rotatable bonds is 1. The molecule has 0 bridgehead atoms. The zero-order valence-corrected chi connectivity index (χ0v) is 11.8. The molecule has 0 N–H and O–H groups in total. The topological polar surface area (TPSA) is 22.8 Å². The van der Waals surface area contributed by atoms with Gasteiger partial charge in [-0.2, -0.15) is 5.10 Å². The van der Waals surface area contributed by atoms with E-state index in [1.165, 1.54) is 20.0 Å². The van der Waals surface area contributed by atoms with Crippen molar-refractivity contribution in [2.24, 2.45) is 14.1 Å². The van der Waals surface area contributed by atoms with Crippen molar-refractivity contribution in [1.29, 1.82) is 0 Å². The van der Waals surface area contributed by atoms with Crippen LogP contribution in [0, 0.1) is 3.57 Å². The summed E-state index contributed by atoms with van der Waals surface area (Å²) in [4.78, 5) is 0. The van der Waals surface area contributed by atoms with Gasteiger partial charge in [0.05, 0.1) is 5.69 Å². The number of fused-ring (bicyclic) bond motifs is 1. The van der Waals surface area contributed by atoms with Crippen LogP contribution in [-0.2, 0) is 14.1 Å². The minimum atomic E-state index is 1.02. The molecule has 3 rings (SSSR count). The van der Waals surface area contributed by atoms with Gasteiger partial charge in [0.2, 0.25) is 0 Å². The van der Waals surface area contributed by atoms with E-state index in [9.17, 15) is 0 Å². The number of halogens is 1. The summed E-state index contributed by atoms with van der Waals surface area (Å²) in [6, 6.07) is 8.53. The Morgan fingerprint density at radius 3 is 2.71 bits per heavy atom. The fraction of sp³-hybridized carbons (Fsp3) is 0.154. The first-order valence-corrected chi connectivity index (χ1v) is 6.47. The van der Waals surface area contributed by atoms with Crippen molar-refractivity contribution < 1.29 is 0 Å². The predicted molar refractivity (Wildman–Crippen MR) is 77.8 cm³/mol. The maximum atomic E-state index is 4.43. The second kappa shape index (κ2) is 3.87. The average Bonchev–Trinajstić information content (AvgIpc) is 2.85. The van der Waals surface area contributed by atoms with Crippen molar-refractivity contribution in [3.63, 3.8) is 0 Å². The number of hydrogen-bond donors (Lipinski definition) is 0. The molecule has 2 aromatic heterocycles. The summed E-state index contributed by atoms with van der Waals surface area (Å²) in [5.41, 5.74) is 3.45. The average molecular weight is 337 g/mol. The van der Waals surface area contributed by atoms with Crippen LogP contribution in [0.5, 0.6) is 0 Å². The van der Waals surface area contributed by atoms with Gasteiger partial charge in [0, 0.05) is 46.5 Å². The summed E-state index contributed by atoms with van der Waals surface area (Å²) in [6.45, 7) is 0. The smallest absolute Gasteiger partial charge is 0.0923 e. The van der Waals surface area contributed by atoms with Gasteiger partial charge in [-0.25, -0.2) is 0 Å². The Kier molecular flexibility index (Phi) is 2.47. The highest BCUT2D eigenvalue weighted by atomic mass is 127. The molecule has 0 unspecified atom stereocenters. The summed E-state index contributed by atoms with van der Waals surface area (Å²) in [7, 11) is 4.01. The molecular weight excluding hydrogens is 325 g/mol. The number of aromatic nitrogens is 3. The van der Waals surface area contributed by atoms with Gasteiger partial charge in [-0.3, -0.25) is 4.68 Å². The summed E-state index contributed by atoms with van der Waals surface area (Å²) >= 11 is 2.37. The van der Waals surface area contributed by atoms with Gasteiger partial charge in [-0.05, 0) is 40.8 Å². The lowest BCUT2D eigenvalue weighted by Gasteiger charge is -1.99. The van der Waals surface area contributed by atoms with Gasteiger partial charge in [-0.1, -0.05) is 6.07 Å². The number of nitrogens with zero attached hydrogens (tertiary/aromatic N) is 3. The Hall–Kier alpha value is -1.30. The third kappa shape index (κ3) is 1.76. The molecule has 1 aromatic carbocycles. The van der Waals surface area contributed by atoms with E-state index in [4.69, 9.17) is 0 Å². The Labute approximate surface area is 113 Å². The van der Waals surface area contributed by atoms with E-state index in [1.807, 2.05) is 24.0 Å². The van der Waals surface area contributed by atoms with Gasteiger partial charge < -0.3 is 4.57 Å². The lowest BCUT2D eigenvalue weighted by atomic mass is 10.1. The molecule has 0 aliphatic carbocycles. The molecule has 3 aromatic rings. The minimum absolute atomic E-state index is 1.02. The molecule has 0 saturated heterocycles. The number of benzene rings is 1. The molecular formula is C13H12IN3. The third-order valence-corrected chi connectivity index (χ3v) is 3.81. The first-order chi connectivity index (χ1) is 8.15. The van der Waals surface area contributed by atoms with Crippen molar-refractivity contribution in [1.82, 2.24) is 14.3 Å². The Balaban J connectivity index is 2.22. The first-order valence-electron chi connectivity index (χ1n) is 5.40. The van der Waals surface area contributed by atoms with E-state index in [1.54, 1.807) is 0 Å². The molecule has 86 valence electrons. The van der Waals surface area contributed by atoms with Crippen LogP contribution in [0.4, 0.5) is 0 Å². The molecule has 0 amide bonds. The van der Waals surface area contributed by atoms with Crippen molar-refractivity contribution in [3.05, 3.63) is 40.2 Å².